The molecule has 2 aliphatic heterocycles. The molecule has 0 spiro atoms. The summed E-state index contributed by atoms with van der Waals surface area (Å²) in [7, 11) is 0. The van der Waals surface area contributed by atoms with E-state index >= 15 is 0 Å². The van der Waals surface area contributed by atoms with E-state index in [1.807, 2.05) is 0 Å². The molecule has 0 saturated carbocycles. The van der Waals surface area contributed by atoms with Gasteiger partial charge in [-0.2, -0.15) is 0 Å². The number of imide groups is 2. The number of carbonyl (C=O) groups is 3. The van der Waals surface area contributed by atoms with Crippen LogP contribution in [0, 0.1) is 5.92 Å². The molecule has 8 heteroatoms. The molecule has 2 saturated heterocycles. The fourth-order valence-electron chi connectivity index (χ4n) is 2.26. The zero-order valence-electron chi connectivity index (χ0n) is 10.7. The van der Waals surface area contributed by atoms with E-state index < -0.39 is 23.8 Å². The Labute approximate surface area is 110 Å². The number of rotatable bonds is 4. The fourth-order valence-corrected chi connectivity index (χ4v) is 2.26. The van der Waals surface area contributed by atoms with Gasteiger partial charge >= 0.3 is 6.03 Å². The van der Waals surface area contributed by atoms with Gasteiger partial charge < -0.3 is 10.2 Å². The number of urea groups is 1. The number of nitrogens with one attached hydrogen (secondary N) is 4. The molecule has 0 aromatic carbocycles. The zero-order chi connectivity index (χ0) is 13.7. The molecule has 2 heterocycles. The summed E-state index contributed by atoms with van der Waals surface area (Å²) in [5.41, 5.74) is 0. The molecule has 0 aliphatic carbocycles. The quantitative estimate of drug-likeness (QED) is 0.259. The summed E-state index contributed by atoms with van der Waals surface area (Å²) in [6.45, 7) is 6.24. The first-order chi connectivity index (χ1) is 9.16. The average Bonchev–Trinajstić information content (AvgIpc) is 2.38. The molecule has 0 aromatic heterocycles. The Morgan fingerprint density at radius 1 is 1.21 bits per heavy atom. The van der Waals surface area contributed by atoms with Crippen molar-refractivity contribution in [3.05, 3.63) is 0 Å². The maximum absolute atomic E-state index is 11.4. The van der Waals surface area contributed by atoms with Gasteiger partial charge in [-0.15, -0.1) is 0 Å². The SMILES string of the molecule is O=C1NC(=O)C(C=[NH+]CC[NH+]2CC[NH2+]CC2)C(=O)N1. The van der Waals surface area contributed by atoms with E-state index in [1.54, 1.807) is 0 Å². The second-order valence-corrected chi connectivity index (χ2v) is 4.77. The van der Waals surface area contributed by atoms with Gasteiger partial charge in [-0.3, -0.25) is 20.2 Å². The van der Waals surface area contributed by atoms with Crippen LogP contribution in [-0.2, 0) is 9.59 Å². The maximum atomic E-state index is 11.4. The summed E-state index contributed by atoms with van der Waals surface area (Å²) >= 11 is 0. The van der Waals surface area contributed by atoms with Crippen LogP contribution in [0.5, 0.6) is 0 Å². The number of barbiturate groups is 1. The second-order valence-electron chi connectivity index (χ2n) is 4.77. The minimum absolute atomic E-state index is 0.582. The molecule has 0 aromatic rings. The van der Waals surface area contributed by atoms with Crippen LogP contribution in [0.1, 0.15) is 0 Å². The Kier molecular flexibility index (Phi) is 4.58. The molecule has 4 amide bonds. The minimum atomic E-state index is -0.942. The van der Waals surface area contributed by atoms with Crippen LogP contribution in [0.3, 0.4) is 0 Å². The molecule has 0 radical (unpaired) electrons. The molecule has 8 nitrogen and oxygen atoms in total. The van der Waals surface area contributed by atoms with Crippen LogP contribution in [-0.4, -0.2) is 63.3 Å². The Morgan fingerprint density at radius 3 is 2.47 bits per heavy atom. The first kappa shape index (κ1) is 13.6. The Balaban J connectivity index is 1.76. The molecular formula is C11H20N5O3+3. The van der Waals surface area contributed by atoms with Crippen molar-refractivity contribution in [3.63, 3.8) is 0 Å². The first-order valence-electron chi connectivity index (χ1n) is 6.54. The lowest BCUT2D eigenvalue weighted by Gasteiger charge is -2.20. The highest BCUT2D eigenvalue weighted by Gasteiger charge is 2.34. The third kappa shape index (κ3) is 3.83. The standard InChI is InChI=1S/C11H17N5O3/c17-9-8(10(18)15-11(19)14-9)7-13-3-6-16-4-1-12-2-5-16/h7-8,12H,1-6H2,(H2,14,15,17,18,19)/p+3. The number of quaternary nitrogens is 2. The fraction of sp³-hybridized carbons (Fsp3) is 0.636. The van der Waals surface area contributed by atoms with Crippen molar-refractivity contribution >= 4 is 24.1 Å². The number of hydrogen-bond donors (Lipinski definition) is 5. The maximum Gasteiger partial charge on any atom is 0.328 e. The minimum Gasteiger partial charge on any atom is -0.337 e. The van der Waals surface area contributed by atoms with Crippen molar-refractivity contribution in [3.8, 4) is 0 Å². The van der Waals surface area contributed by atoms with Crippen LogP contribution >= 0.6 is 0 Å². The highest BCUT2D eigenvalue weighted by molar-refractivity contribution is 6.22. The molecule has 19 heavy (non-hydrogen) atoms. The van der Waals surface area contributed by atoms with Crippen LogP contribution in [0.2, 0.25) is 0 Å². The second kappa shape index (κ2) is 6.39. The number of nitrogens with two attached hydrogens (primary N) is 1. The van der Waals surface area contributed by atoms with Gasteiger partial charge in [-0.05, 0) is 0 Å². The summed E-state index contributed by atoms with van der Waals surface area (Å²) in [4.78, 5) is 38.2. The van der Waals surface area contributed by atoms with Gasteiger partial charge in [0.05, 0.1) is 0 Å². The summed E-state index contributed by atoms with van der Waals surface area (Å²) in [5.74, 6) is -2.11. The summed E-state index contributed by atoms with van der Waals surface area (Å²) in [5, 5.41) is 6.42. The van der Waals surface area contributed by atoms with Crippen molar-refractivity contribution in [2.24, 2.45) is 5.92 Å². The van der Waals surface area contributed by atoms with E-state index in [4.69, 9.17) is 0 Å². The Morgan fingerprint density at radius 2 is 1.84 bits per heavy atom. The van der Waals surface area contributed by atoms with Gasteiger partial charge in [0.1, 0.15) is 32.7 Å². The predicted molar refractivity (Wildman–Crippen MR) is 64.3 cm³/mol. The monoisotopic (exact) mass is 270 g/mol. The lowest BCUT2D eigenvalue weighted by molar-refractivity contribution is -0.951. The molecule has 2 rings (SSSR count). The van der Waals surface area contributed by atoms with E-state index in [0.29, 0.717) is 6.54 Å². The zero-order valence-corrected chi connectivity index (χ0v) is 10.7. The summed E-state index contributed by atoms with van der Waals surface area (Å²) < 4.78 is 0. The highest BCUT2D eigenvalue weighted by atomic mass is 16.2. The molecule has 0 unspecified atom stereocenters. The third-order valence-corrected chi connectivity index (χ3v) is 3.35. The molecule has 0 bridgehead atoms. The first-order valence-corrected chi connectivity index (χ1v) is 6.54. The average molecular weight is 270 g/mol. The largest absolute Gasteiger partial charge is 0.337 e. The van der Waals surface area contributed by atoms with E-state index in [9.17, 15) is 14.4 Å². The molecule has 2 fully saturated rings. The molecule has 104 valence electrons. The number of piperazine rings is 1. The van der Waals surface area contributed by atoms with E-state index in [1.165, 1.54) is 11.1 Å². The van der Waals surface area contributed by atoms with Crippen LogP contribution in [0.4, 0.5) is 4.79 Å². The van der Waals surface area contributed by atoms with Gasteiger partial charge in [0.25, 0.3) is 11.8 Å². The van der Waals surface area contributed by atoms with Gasteiger partial charge in [-0.1, -0.05) is 0 Å². The van der Waals surface area contributed by atoms with Crippen molar-refractivity contribution in [2.75, 3.05) is 39.3 Å². The van der Waals surface area contributed by atoms with Gasteiger partial charge in [0.2, 0.25) is 0 Å². The van der Waals surface area contributed by atoms with Crippen molar-refractivity contribution in [1.29, 1.82) is 0 Å². The highest BCUT2D eigenvalue weighted by Crippen LogP contribution is 1.95. The lowest BCUT2D eigenvalue weighted by Crippen LogP contribution is -3.21. The third-order valence-electron chi connectivity index (χ3n) is 3.35. The van der Waals surface area contributed by atoms with E-state index in [0.717, 1.165) is 32.7 Å². The lowest BCUT2D eigenvalue weighted by atomic mass is 10.1. The van der Waals surface area contributed by atoms with Crippen LogP contribution in [0.25, 0.3) is 0 Å². The Bertz CT molecular complexity index is 383. The van der Waals surface area contributed by atoms with Crippen molar-refractivity contribution in [2.45, 2.75) is 0 Å². The molecular weight excluding hydrogens is 250 g/mol. The number of hydrogen-bond acceptors (Lipinski definition) is 3. The molecule has 2 aliphatic rings. The smallest absolute Gasteiger partial charge is 0.328 e. The number of carbonyl (C=O) groups excluding carboxylic acids is 3. The summed E-state index contributed by atoms with van der Waals surface area (Å²) in [6, 6.07) is -0.756. The molecule has 6 N–H and O–H groups in total. The van der Waals surface area contributed by atoms with E-state index in [2.05, 4.69) is 20.9 Å². The predicted octanol–water partition coefficient (Wildman–Crippen LogP) is -6.42. The van der Waals surface area contributed by atoms with Gasteiger partial charge in [0, 0.05) is 0 Å². The van der Waals surface area contributed by atoms with E-state index in [-0.39, 0.29) is 0 Å². The van der Waals surface area contributed by atoms with Gasteiger partial charge in [-0.25, -0.2) is 9.79 Å². The molecule has 0 atom stereocenters. The van der Waals surface area contributed by atoms with Gasteiger partial charge in [0.15, 0.2) is 18.7 Å². The van der Waals surface area contributed by atoms with Crippen molar-refractivity contribution in [1.82, 2.24) is 10.6 Å². The Hall–Kier alpha value is -1.80. The normalized spacial score (nSPS) is 22.6. The van der Waals surface area contributed by atoms with Crippen molar-refractivity contribution < 1.29 is 29.6 Å². The van der Waals surface area contributed by atoms with Crippen LogP contribution < -0.4 is 25.8 Å². The topological polar surface area (TPSA) is 110 Å². The van der Waals surface area contributed by atoms with Crippen LogP contribution in [0.15, 0.2) is 0 Å². The number of amides is 4. The summed E-state index contributed by atoms with van der Waals surface area (Å²) in [6.07, 6.45) is 1.45.